The van der Waals surface area contributed by atoms with Crippen molar-refractivity contribution >= 4 is 21.6 Å². The van der Waals surface area contributed by atoms with Crippen molar-refractivity contribution in [2.45, 2.75) is 6.18 Å². The summed E-state index contributed by atoms with van der Waals surface area (Å²) in [4.78, 5) is 0. The Labute approximate surface area is 94.1 Å². The second-order valence-electron chi connectivity index (χ2n) is 2.95. The molecule has 5 heteroatoms. The minimum atomic E-state index is -4.30. The maximum atomic E-state index is 12.3. The van der Waals surface area contributed by atoms with Crippen molar-refractivity contribution in [2.24, 2.45) is 0 Å². The molecule has 0 bridgehead atoms. The van der Waals surface area contributed by atoms with Crippen molar-refractivity contribution in [1.29, 1.82) is 0 Å². The SMILES string of the molecule is C=C(Br)CNc1cccc(C(F)(F)F)c1. The molecule has 0 aliphatic rings. The van der Waals surface area contributed by atoms with Crippen LogP contribution < -0.4 is 5.32 Å². The number of alkyl halides is 3. The average molecular weight is 280 g/mol. The number of hydrogen-bond acceptors (Lipinski definition) is 1. The first-order valence-corrected chi connectivity index (χ1v) is 4.93. The van der Waals surface area contributed by atoms with E-state index in [0.717, 1.165) is 12.1 Å². The number of rotatable bonds is 3. The molecule has 1 N–H and O–H groups in total. The largest absolute Gasteiger partial charge is 0.416 e. The average Bonchev–Trinajstić information content (AvgIpc) is 2.14. The van der Waals surface area contributed by atoms with Gasteiger partial charge in [0.15, 0.2) is 0 Å². The molecule has 0 spiro atoms. The lowest BCUT2D eigenvalue weighted by Crippen LogP contribution is -2.06. The van der Waals surface area contributed by atoms with Crippen molar-refractivity contribution in [1.82, 2.24) is 0 Å². The van der Waals surface area contributed by atoms with Crippen molar-refractivity contribution in [3.63, 3.8) is 0 Å². The highest BCUT2D eigenvalue weighted by Crippen LogP contribution is 2.30. The summed E-state index contributed by atoms with van der Waals surface area (Å²) >= 11 is 3.11. The van der Waals surface area contributed by atoms with E-state index in [1.54, 1.807) is 6.07 Å². The highest BCUT2D eigenvalue weighted by atomic mass is 79.9. The highest BCUT2D eigenvalue weighted by Gasteiger charge is 2.30. The fourth-order valence-electron chi connectivity index (χ4n) is 1.00. The first-order valence-electron chi connectivity index (χ1n) is 4.14. The fraction of sp³-hybridized carbons (Fsp3) is 0.200. The summed E-state index contributed by atoms with van der Waals surface area (Å²) in [5, 5.41) is 2.81. The zero-order chi connectivity index (χ0) is 11.5. The molecule has 1 rings (SSSR count). The minimum Gasteiger partial charge on any atom is -0.380 e. The Bertz CT molecular complexity index is 360. The molecule has 1 nitrogen and oxygen atoms in total. The molecule has 0 saturated heterocycles. The molecule has 1 aromatic carbocycles. The van der Waals surface area contributed by atoms with Gasteiger partial charge in [0, 0.05) is 16.7 Å². The third-order valence-electron chi connectivity index (χ3n) is 1.67. The fourth-order valence-corrected chi connectivity index (χ4v) is 1.14. The number of nitrogens with one attached hydrogen (secondary N) is 1. The first-order chi connectivity index (χ1) is 6.89. The van der Waals surface area contributed by atoms with Crippen molar-refractivity contribution in [3.05, 3.63) is 40.9 Å². The first kappa shape index (κ1) is 12.1. The second-order valence-corrected chi connectivity index (χ2v) is 4.07. The van der Waals surface area contributed by atoms with Crippen LogP contribution >= 0.6 is 15.9 Å². The molecule has 0 atom stereocenters. The monoisotopic (exact) mass is 279 g/mol. The van der Waals surface area contributed by atoms with Gasteiger partial charge in [-0.1, -0.05) is 28.6 Å². The van der Waals surface area contributed by atoms with Crippen LogP contribution in [0.3, 0.4) is 0 Å². The topological polar surface area (TPSA) is 12.0 Å². The summed E-state index contributed by atoms with van der Waals surface area (Å²) in [6.07, 6.45) is -4.30. The van der Waals surface area contributed by atoms with Gasteiger partial charge in [-0.2, -0.15) is 13.2 Å². The van der Waals surface area contributed by atoms with Gasteiger partial charge in [-0.25, -0.2) is 0 Å². The zero-order valence-corrected chi connectivity index (χ0v) is 9.32. The van der Waals surface area contributed by atoms with Crippen LogP contribution in [-0.4, -0.2) is 6.54 Å². The number of anilines is 1. The molecule has 0 heterocycles. The molecular weight excluding hydrogens is 271 g/mol. The second kappa shape index (κ2) is 4.70. The molecule has 0 aliphatic heterocycles. The van der Waals surface area contributed by atoms with Crippen LogP contribution in [0, 0.1) is 0 Å². The van der Waals surface area contributed by atoms with Crippen LogP contribution in [0.1, 0.15) is 5.56 Å². The standard InChI is InChI=1S/C10H9BrF3N/c1-7(11)6-15-9-4-2-3-8(5-9)10(12,13)14/h2-5,15H,1,6H2. The lowest BCUT2D eigenvalue weighted by atomic mass is 10.2. The molecule has 82 valence electrons. The van der Waals surface area contributed by atoms with Crippen LogP contribution in [0.5, 0.6) is 0 Å². The van der Waals surface area contributed by atoms with E-state index >= 15 is 0 Å². The van der Waals surface area contributed by atoms with Crippen LogP contribution in [0.25, 0.3) is 0 Å². The summed E-state index contributed by atoms with van der Waals surface area (Å²) in [5.41, 5.74) is -0.238. The Kier molecular flexibility index (Phi) is 3.79. The summed E-state index contributed by atoms with van der Waals surface area (Å²) in [6, 6.07) is 5.04. The molecule has 0 fully saturated rings. The molecule has 0 radical (unpaired) electrons. The van der Waals surface area contributed by atoms with Crippen molar-refractivity contribution in [3.8, 4) is 0 Å². The predicted molar refractivity (Wildman–Crippen MR) is 58.0 cm³/mol. The van der Waals surface area contributed by atoms with E-state index in [4.69, 9.17) is 0 Å². The van der Waals surface area contributed by atoms with Gasteiger partial charge in [0.1, 0.15) is 0 Å². The summed E-state index contributed by atoms with van der Waals surface area (Å²) in [7, 11) is 0. The van der Waals surface area contributed by atoms with E-state index in [0.29, 0.717) is 16.7 Å². The molecule has 1 aromatic rings. The molecule has 0 aliphatic carbocycles. The summed E-state index contributed by atoms with van der Waals surface area (Å²) < 4.78 is 37.6. The van der Waals surface area contributed by atoms with Gasteiger partial charge in [-0.15, -0.1) is 0 Å². The van der Waals surface area contributed by atoms with Gasteiger partial charge in [0.25, 0.3) is 0 Å². The van der Waals surface area contributed by atoms with Gasteiger partial charge < -0.3 is 5.32 Å². The third kappa shape index (κ3) is 3.95. The number of hydrogen-bond donors (Lipinski definition) is 1. The van der Waals surface area contributed by atoms with E-state index in [1.165, 1.54) is 6.07 Å². The Morgan fingerprint density at radius 2 is 2.07 bits per heavy atom. The summed E-state index contributed by atoms with van der Waals surface area (Å²) in [6.45, 7) is 3.96. The van der Waals surface area contributed by atoms with E-state index in [1.807, 2.05) is 0 Å². The summed E-state index contributed by atoms with van der Waals surface area (Å²) in [5.74, 6) is 0. The maximum absolute atomic E-state index is 12.3. The zero-order valence-electron chi connectivity index (χ0n) is 7.74. The molecule has 0 aromatic heterocycles. The molecule has 15 heavy (non-hydrogen) atoms. The van der Waals surface area contributed by atoms with Crippen LogP contribution in [0.2, 0.25) is 0 Å². The van der Waals surface area contributed by atoms with E-state index in [2.05, 4.69) is 27.8 Å². The van der Waals surface area contributed by atoms with Gasteiger partial charge in [-0.3, -0.25) is 0 Å². The molecule has 0 saturated carbocycles. The van der Waals surface area contributed by atoms with Gasteiger partial charge in [0.2, 0.25) is 0 Å². The molecular formula is C10H9BrF3N. The van der Waals surface area contributed by atoms with Crippen LogP contribution in [0.15, 0.2) is 35.3 Å². The third-order valence-corrected chi connectivity index (χ3v) is 1.95. The quantitative estimate of drug-likeness (QED) is 0.881. The predicted octanol–water partition coefficient (Wildman–Crippen LogP) is 4.03. The van der Waals surface area contributed by atoms with Crippen LogP contribution in [-0.2, 0) is 6.18 Å². The minimum absolute atomic E-state index is 0.390. The van der Waals surface area contributed by atoms with Gasteiger partial charge in [-0.05, 0) is 18.2 Å². The maximum Gasteiger partial charge on any atom is 0.416 e. The Hall–Kier alpha value is -0.970. The Balaban J connectivity index is 2.79. The number of benzene rings is 1. The van der Waals surface area contributed by atoms with Crippen molar-refractivity contribution in [2.75, 3.05) is 11.9 Å². The van der Waals surface area contributed by atoms with Crippen LogP contribution in [0.4, 0.5) is 18.9 Å². The lowest BCUT2D eigenvalue weighted by molar-refractivity contribution is -0.137. The van der Waals surface area contributed by atoms with Crippen molar-refractivity contribution < 1.29 is 13.2 Å². The Morgan fingerprint density at radius 1 is 1.40 bits per heavy atom. The smallest absolute Gasteiger partial charge is 0.380 e. The highest BCUT2D eigenvalue weighted by molar-refractivity contribution is 9.11. The van der Waals surface area contributed by atoms with Gasteiger partial charge in [0.05, 0.1) is 5.56 Å². The van der Waals surface area contributed by atoms with E-state index in [-0.39, 0.29) is 0 Å². The van der Waals surface area contributed by atoms with Gasteiger partial charge >= 0.3 is 6.18 Å². The molecule has 0 amide bonds. The lowest BCUT2D eigenvalue weighted by Gasteiger charge is -2.09. The number of halogens is 4. The van der Waals surface area contributed by atoms with E-state index < -0.39 is 11.7 Å². The molecule has 0 unspecified atom stereocenters. The van der Waals surface area contributed by atoms with E-state index in [9.17, 15) is 13.2 Å². The normalized spacial score (nSPS) is 11.2. The Morgan fingerprint density at radius 3 is 2.60 bits per heavy atom.